The number of likely N-dealkylation sites (N-methyl/N-ethyl adjacent to an activating group) is 1. The van der Waals surface area contributed by atoms with Gasteiger partial charge in [-0.2, -0.15) is 8.78 Å². The molecule has 1 N–H and O–H groups in total. The van der Waals surface area contributed by atoms with Gasteiger partial charge in [0.1, 0.15) is 5.82 Å². The van der Waals surface area contributed by atoms with Crippen LogP contribution in [0.1, 0.15) is 25.7 Å². The van der Waals surface area contributed by atoms with E-state index in [2.05, 4.69) is 15.2 Å². The molecule has 1 aromatic rings. The molecule has 0 amide bonds. The molecule has 1 aromatic heterocycles. The molecule has 0 bridgehead atoms. The van der Waals surface area contributed by atoms with E-state index in [1.54, 1.807) is 0 Å². The Morgan fingerprint density at radius 1 is 1.65 bits per heavy atom. The SMILES string of the molecule is CCN(Cc1nccn1C(F)F)C1CCNC1. The van der Waals surface area contributed by atoms with Crippen LogP contribution in [-0.4, -0.2) is 40.1 Å². The molecule has 1 fully saturated rings. The fourth-order valence-corrected chi connectivity index (χ4v) is 2.28. The van der Waals surface area contributed by atoms with Gasteiger partial charge in [-0.05, 0) is 19.5 Å². The first-order chi connectivity index (χ1) is 8.22. The number of nitrogens with zero attached hydrogens (tertiary/aromatic N) is 3. The van der Waals surface area contributed by atoms with Gasteiger partial charge in [-0.1, -0.05) is 6.92 Å². The zero-order valence-electron chi connectivity index (χ0n) is 9.94. The highest BCUT2D eigenvalue weighted by atomic mass is 19.3. The van der Waals surface area contributed by atoms with Gasteiger partial charge in [0, 0.05) is 25.0 Å². The van der Waals surface area contributed by atoms with Crippen molar-refractivity contribution in [2.24, 2.45) is 0 Å². The van der Waals surface area contributed by atoms with Crippen molar-refractivity contribution in [1.29, 1.82) is 0 Å². The standard InChI is InChI=1S/C11H18F2N4/c1-2-16(9-3-4-14-7-9)8-10-15-5-6-17(10)11(12)13/h5-6,9,11,14H,2-4,7-8H2,1H3. The molecule has 1 atom stereocenters. The third-order valence-corrected chi connectivity index (χ3v) is 3.26. The van der Waals surface area contributed by atoms with Gasteiger partial charge in [0.25, 0.3) is 0 Å². The number of hydrogen-bond donors (Lipinski definition) is 1. The Hall–Kier alpha value is -1.01. The first kappa shape index (κ1) is 12.4. The first-order valence-electron chi connectivity index (χ1n) is 5.97. The van der Waals surface area contributed by atoms with Crippen molar-refractivity contribution >= 4 is 0 Å². The van der Waals surface area contributed by atoms with Crippen molar-refractivity contribution < 1.29 is 8.78 Å². The lowest BCUT2D eigenvalue weighted by molar-refractivity contribution is 0.0626. The summed E-state index contributed by atoms with van der Waals surface area (Å²) in [6, 6.07) is 0.433. The number of alkyl halides is 2. The number of halogens is 2. The van der Waals surface area contributed by atoms with E-state index in [0.29, 0.717) is 18.4 Å². The van der Waals surface area contributed by atoms with E-state index < -0.39 is 6.55 Å². The lowest BCUT2D eigenvalue weighted by Crippen LogP contribution is -2.37. The highest BCUT2D eigenvalue weighted by molar-refractivity contribution is 4.94. The van der Waals surface area contributed by atoms with Crippen LogP contribution in [0.3, 0.4) is 0 Å². The summed E-state index contributed by atoms with van der Waals surface area (Å²) in [5, 5.41) is 3.29. The lowest BCUT2D eigenvalue weighted by Gasteiger charge is -2.26. The van der Waals surface area contributed by atoms with Gasteiger partial charge in [-0.15, -0.1) is 0 Å². The Kier molecular flexibility index (Phi) is 4.06. The first-order valence-corrected chi connectivity index (χ1v) is 5.97. The summed E-state index contributed by atoms with van der Waals surface area (Å²) >= 11 is 0. The number of rotatable bonds is 5. The van der Waals surface area contributed by atoms with Gasteiger partial charge in [0.05, 0.1) is 6.54 Å². The van der Waals surface area contributed by atoms with E-state index in [0.717, 1.165) is 30.6 Å². The van der Waals surface area contributed by atoms with Gasteiger partial charge >= 0.3 is 6.55 Å². The van der Waals surface area contributed by atoms with E-state index in [9.17, 15) is 8.78 Å². The second kappa shape index (κ2) is 5.55. The summed E-state index contributed by atoms with van der Waals surface area (Å²) in [5.41, 5.74) is 0. The van der Waals surface area contributed by atoms with E-state index >= 15 is 0 Å². The van der Waals surface area contributed by atoms with Crippen molar-refractivity contribution in [3.8, 4) is 0 Å². The second-order valence-electron chi connectivity index (χ2n) is 4.24. The normalized spacial score (nSPS) is 20.6. The summed E-state index contributed by atoms with van der Waals surface area (Å²) in [5.74, 6) is 0.439. The molecule has 17 heavy (non-hydrogen) atoms. The maximum Gasteiger partial charge on any atom is 0.319 e. The third-order valence-electron chi connectivity index (χ3n) is 3.26. The molecule has 4 nitrogen and oxygen atoms in total. The van der Waals surface area contributed by atoms with Crippen LogP contribution in [0.5, 0.6) is 0 Å². The van der Waals surface area contributed by atoms with Gasteiger partial charge in [-0.3, -0.25) is 9.47 Å². The average Bonchev–Trinajstić information content (AvgIpc) is 2.96. The van der Waals surface area contributed by atoms with Crippen molar-refractivity contribution in [3.05, 3.63) is 18.2 Å². The topological polar surface area (TPSA) is 33.1 Å². The highest BCUT2D eigenvalue weighted by Gasteiger charge is 2.23. The molecule has 1 unspecified atom stereocenters. The molecule has 0 spiro atoms. The van der Waals surface area contributed by atoms with Crippen molar-refractivity contribution in [1.82, 2.24) is 19.8 Å². The molecule has 2 heterocycles. The Balaban J connectivity index is 2.04. The van der Waals surface area contributed by atoms with E-state index in [4.69, 9.17) is 0 Å². The van der Waals surface area contributed by atoms with Crippen LogP contribution in [0.15, 0.2) is 12.4 Å². The van der Waals surface area contributed by atoms with Gasteiger partial charge in [0.2, 0.25) is 0 Å². The molecule has 0 aliphatic carbocycles. The summed E-state index contributed by atoms with van der Waals surface area (Å²) < 4.78 is 26.3. The Labute approximate surface area is 99.6 Å². The lowest BCUT2D eigenvalue weighted by atomic mass is 10.2. The minimum Gasteiger partial charge on any atom is -0.315 e. The molecule has 1 aliphatic heterocycles. The second-order valence-corrected chi connectivity index (χ2v) is 4.24. The molecule has 2 rings (SSSR count). The quantitative estimate of drug-likeness (QED) is 0.851. The fourth-order valence-electron chi connectivity index (χ4n) is 2.28. The molecule has 0 saturated carbocycles. The largest absolute Gasteiger partial charge is 0.319 e. The molecule has 96 valence electrons. The van der Waals surface area contributed by atoms with E-state index in [-0.39, 0.29) is 0 Å². The number of nitrogens with one attached hydrogen (secondary N) is 1. The molecule has 1 aliphatic rings. The van der Waals surface area contributed by atoms with Crippen molar-refractivity contribution in [2.45, 2.75) is 32.5 Å². The van der Waals surface area contributed by atoms with Crippen LogP contribution >= 0.6 is 0 Å². The molecule has 0 aromatic carbocycles. The Bertz CT molecular complexity index is 347. The molecule has 6 heteroatoms. The predicted molar refractivity (Wildman–Crippen MR) is 60.8 cm³/mol. The summed E-state index contributed by atoms with van der Waals surface area (Å²) in [4.78, 5) is 6.21. The van der Waals surface area contributed by atoms with Gasteiger partial charge < -0.3 is 5.32 Å². The minimum absolute atomic E-state index is 0.433. The molecule has 0 radical (unpaired) electrons. The minimum atomic E-state index is -2.51. The highest BCUT2D eigenvalue weighted by Crippen LogP contribution is 2.16. The van der Waals surface area contributed by atoms with Crippen LogP contribution in [0.2, 0.25) is 0 Å². The zero-order valence-corrected chi connectivity index (χ0v) is 9.94. The summed E-state index contributed by atoms with van der Waals surface area (Å²) in [7, 11) is 0. The maximum atomic E-state index is 12.7. The predicted octanol–water partition coefficient (Wildman–Crippen LogP) is 1.46. The fraction of sp³-hybridized carbons (Fsp3) is 0.727. The smallest absolute Gasteiger partial charge is 0.315 e. The molecular formula is C11H18F2N4. The van der Waals surface area contributed by atoms with Crippen LogP contribution in [0.4, 0.5) is 8.78 Å². The zero-order chi connectivity index (χ0) is 12.3. The number of aromatic nitrogens is 2. The number of imidazole rings is 1. The summed E-state index contributed by atoms with van der Waals surface area (Å²) in [6.07, 6.45) is 3.84. The Morgan fingerprint density at radius 3 is 3.06 bits per heavy atom. The van der Waals surface area contributed by atoms with E-state index in [1.165, 1.54) is 12.4 Å². The van der Waals surface area contributed by atoms with Crippen LogP contribution in [0.25, 0.3) is 0 Å². The molecular weight excluding hydrogens is 226 g/mol. The van der Waals surface area contributed by atoms with Crippen molar-refractivity contribution in [2.75, 3.05) is 19.6 Å². The van der Waals surface area contributed by atoms with Crippen LogP contribution in [0, 0.1) is 0 Å². The molecule has 1 saturated heterocycles. The van der Waals surface area contributed by atoms with Gasteiger partial charge in [0.15, 0.2) is 0 Å². The van der Waals surface area contributed by atoms with Crippen molar-refractivity contribution in [3.63, 3.8) is 0 Å². The third kappa shape index (κ3) is 2.81. The number of hydrogen-bond acceptors (Lipinski definition) is 3. The summed E-state index contributed by atoms with van der Waals surface area (Å²) in [6.45, 7) is 2.82. The Morgan fingerprint density at radius 2 is 2.47 bits per heavy atom. The van der Waals surface area contributed by atoms with E-state index in [1.807, 2.05) is 6.92 Å². The maximum absolute atomic E-state index is 12.7. The van der Waals surface area contributed by atoms with Crippen LogP contribution < -0.4 is 5.32 Å². The monoisotopic (exact) mass is 244 g/mol. The average molecular weight is 244 g/mol. The van der Waals surface area contributed by atoms with Crippen LogP contribution in [-0.2, 0) is 6.54 Å². The van der Waals surface area contributed by atoms with Gasteiger partial charge in [-0.25, -0.2) is 4.98 Å².